The van der Waals surface area contributed by atoms with Crippen molar-refractivity contribution in [1.29, 1.82) is 5.26 Å². The zero-order chi connectivity index (χ0) is 16.8. The molecule has 0 radical (unpaired) electrons. The summed E-state index contributed by atoms with van der Waals surface area (Å²) in [6.07, 6.45) is 0. The van der Waals surface area contributed by atoms with Gasteiger partial charge in [-0.2, -0.15) is 5.26 Å². The first-order valence-corrected chi connectivity index (χ1v) is 8.55. The molecule has 0 aliphatic rings. The number of H-pyrrole nitrogens is 1. The minimum atomic E-state index is 0.529. The summed E-state index contributed by atoms with van der Waals surface area (Å²) >= 11 is 7.39. The van der Waals surface area contributed by atoms with Gasteiger partial charge in [-0.1, -0.05) is 23.4 Å². The van der Waals surface area contributed by atoms with Gasteiger partial charge in [-0.25, -0.2) is 4.98 Å². The Bertz CT molecular complexity index is 840. The van der Waals surface area contributed by atoms with Crippen LogP contribution in [0.1, 0.15) is 5.56 Å². The highest BCUT2D eigenvalue weighted by molar-refractivity contribution is 7.99. The molecule has 0 bridgehead atoms. The highest BCUT2D eigenvalue weighted by Crippen LogP contribution is 2.21. The number of aromatic nitrogens is 3. The number of nitriles is 1. The summed E-state index contributed by atoms with van der Waals surface area (Å²) in [6.45, 7) is 0.529. The summed E-state index contributed by atoms with van der Waals surface area (Å²) in [6, 6.07) is 16.5. The zero-order valence-electron chi connectivity index (χ0n) is 12.6. The molecular weight excluding hydrogens is 344 g/mol. The van der Waals surface area contributed by atoms with Crippen molar-refractivity contribution in [1.82, 2.24) is 15.2 Å². The van der Waals surface area contributed by atoms with Crippen molar-refractivity contribution in [3.8, 4) is 23.2 Å². The fourth-order valence-corrected chi connectivity index (χ4v) is 2.71. The average Bonchev–Trinajstić information content (AvgIpc) is 3.09. The molecule has 1 heterocycles. The lowest BCUT2D eigenvalue weighted by molar-refractivity contribution is 0.344. The van der Waals surface area contributed by atoms with Gasteiger partial charge in [0.2, 0.25) is 5.16 Å². The lowest BCUT2D eigenvalue weighted by atomic mass is 10.2. The van der Waals surface area contributed by atoms with Gasteiger partial charge in [-0.05, 0) is 48.5 Å². The SMILES string of the molecule is N#Cc1ccc(OCCSc2n[nH]c(-c3ccc(Cl)cc3)n2)cc1. The first-order valence-electron chi connectivity index (χ1n) is 7.19. The molecule has 0 aliphatic carbocycles. The van der Waals surface area contributed by atoms with Gasteiger partial charge < -0.3 is 4.74 Å². The van der Waals surface area contributed by atoms with Crippen LogP contribution in [0.4, 0.5) is 0 Å². The summed E-state index contributed by atoms with van der Waals surface area (Å²) in [4.78, 5) is 4.44. The predicted octanol–water partition coefficient (Wildman–Crippen LogP) is 4.17. The number of hydrogen-bond acceptors (Lipinski definition) is 5. The Kier molecular flexibility index (Phi) is 5.36. The van der Waals surface area contributed by atoms with Crippen LogP contribution in [-0.4, -0.2) is 27.5 Å². The van der Waals surface area contributed by atoms with Crippen molar-refractivity contribution in [3.05, 3.63) is 59.1 Å². The number of ether oxygens (including phenoxy) is 1. The Morgan fingerprint density at radius 1 is 1.12 bits per heavy atom. The molecule has 1 N–H and O–H groups in total. The van der Waals surface area contributed by atoms with Crippen LogP contribution >= 0.6 is 23.4 Å². The summed E-state index contributed by atoms with van der Waals surface area (Å²) in [7, 11) is 0. The lowest BCUT2D eigenvalue weighted by Crippen LogP contribution is -2.00. The third-order valence-electron chi connectivity index (χ3n) is 3.15. The second kappa shape index (κ2) is 7.86. The van der Waals surface area contributed by atoms with E-state index in [1.807, 2.05) is 24.3 Å². The van der Waals surface area contributed by atoms with Crippen molar-refractivity contribution in [2.75, 3.05) is 12.4 Å². The van der Waals surface area contributed by atoms with Gasteiger partial charge in [-0.15, -0.1) is 5.10 Å². The van der Waals surface area contributed by atoms with Gasteiger partial charge in [0.15, 0.2) is 5.82 Å². The zero-order valence-corrected chi connectivity index (χ0v) is 14.1. The molecule has 2 aromatic carbocycles. The molecule has 0 atom stereocenters. The highest BCUT2D eigenvalue weighted by atomic mass is 35.5. The Hall–Kier alpha value is -2.49. The molecule has 0 unspecified atom stereocenters. The fraction of sp³-hybridized carbons (Fsp3) is 0.118. The molecule has 0 saturated carbocycles. The van der Waals surface area contributed by atoms with E-state index in [4.69, 9.17) is 21.6 Å². The third-order valence-corrected chi connectivity index (χ3v) is 4.21. The number of hydrogen-bond donors (Lipinski definition) is 1. The maximum atomic E-state index is 8.75. The Morgan fingerprint density at radius 3 is 2.58 bits per heavy atom. The van der Waals surface area contributed by atoms with Gasteiger partial charge in [0, 0.05) is 16.3 Å². The molecule has 1 aromatic heterocycles. The Labute approximate surface area is 148 Å². The maximum absolute atomic E-state index is 8.75. The van der Waals surface area contributed by atoms with Gasteiger partial charge in [0.05, 0.1) is 18.2 Å². The molecule has 0 amide bonds. The van der Waals surface area contributed by atoms with E-state index >= 15 is 0 Å². The van der Waals surface area contributed by atoms with Crippen LogP contribution in [0.2, 0.25) is 5.02 Å². The average molecular weight is 357 g/mol. The fourth-order valence-electron chi connectivity index (χ4n) is 1.97. The summed E-state index contributed by atoms with van der Waals surface area (Å²) in [5.74, 6) is 2.17. The molecule has 3 rings (SSSR count). The van der Waals surface area contributed by atoms with E-state index in [0.717, 1.165) is 17.1 Å². The molecule has 0 spiro atoms. The van der Waals surface area contributed by atoms with Crippen LogP contribution in [0, 0.1) is 11.3 Å². The van der Waals surface area contributed by atoms with Crippen LogP contribution in [0.5, 0.6) is 5.75 Å². The van der Waals surface area contributed by atoms with Crippen molar-refractivity contribution in [2.45, 2.75) is 5.16 Å². The molecule has 24 heavy (non-hydrogen) atoms. The quantitative estimate of drug-likeness (QED) is 0.530. The minimum absolute atomic E-state index is 0.529. The number of rotatable bonds is 6. The van der Waals surface area contributed by atoms with Gasteiger partial charge in [-0.3, -0.25) is 5.10 Å². The third kappa shape index (κ3) is 4.28. The number of nitrogens with zero attached hydrogens (tertiary/aromatic N) is 3. The van der Waals surface area contributed by atoms with Gasteiger partial charge in [0.1, 0.15) is 5.75 Å². The van der Waals surface area contributed by atoms with E-state index in [1.165, 1.54) is 11.8 Å². The molecular formula is C17H13ClN4OS. The molecule has 3 aromatic rings. The molecule has 0 saturated heterocycles. The van der Waals surface area contributed by atoms with E-state index in [9.17, 15) is 0 Å². The van der Waals surface area contributed by atoms with Crippen molar-refractivity contribution in [3.63, 3.8) is 0 Å². The molecule has 5 nitrogen and oxygen atoms in total. The molecule has 120 valence electrons. The van der Waals surface area contributed by atoms with Gasteiger partial charge >= 0.3 is 0 Å². The number of aromatic amines is 1. The largest absolute Gasteiger partial charge is 0.493 e. The van der Waals surface area contributed by atoms with E-state index in [-0.39, 0.29) is 0 Å². The second-order valence-electron chi connectivity index (χ2n) is 4.81. The van der Waals surface area contributed by atoms with Crippen LogP contribution < -0.4 is 4.74 Å². The van der Waals surface area contributed by atoms with E-state index in [2.05, 4.69) is 21.3 Å². The van der Waals surface area contributed by atoms with Crippen LogP contribution in [0.25, 0.3) is 11.4 Å². The standard InChI is InChI=1S/C17H13ClN4OS/c18-14-5-3-13(4-6-14)16-20-17(22-21-16)24-10-9-23-15-7-1-12(11-19)2-8-15/h1-8H,9-10H2,(H,20,21,22). The van der Waals surface area contributed by atoms with E-state index < -0.39 is 0 Å². The molecule has 0 aliphatic heterocycles. The number of benzene rings is 2. The second-order valence-corrected chi connectivity index (χ2v) is 6.31. The molecule has 0 fully saturated rings. The Balaban J connectivity index is 1.48. The van der Waals surface area contributed by atoms with Crippen LogP contribution in [0.3, 0.4) is 0 Å². The van der Waals surface area contributed by atoms with Crippen LogP contribution in [-0.2, 0) is 0 Å². The summed E-state index contributed by atoms with van der Waals surface area (Å²) in [5, 5.41) is 17.2. The number of halogens is 1. The van der Waals surface area contributed by atoms with E-state index in [0.29, 0.717) is 28.2 Å². The van der Waals surface area contributed by atoms with E-state index in [1.54, 1.807) is 24.3 Å². The topological polar surface area (TPSA) is 74.6 Å². The van der Waals surface area contributed by atoms with Crippen LogP contribution in [0.15, 0.2) is 53.7 Å². The predicted molar refractivity (Wildman–Crippen MR) is 94.2 cm³/mol. The summed E-state index contributed by atoms with van der Waals surface area (Å²) < 4.78 is 5.62. The summed E-state index contributed by atoms with van der Waals surface area (Å²) in [5.41, 5.74) is 1.56. The molecule has 7 heteroatoms. The monoisotopic (exact) mass is 356 g/mol. The number of thioether (sulfide) groups is 1. The minimum Gasteiger partial charge on any atom is -0.493 e. The van der Waals surface area contributed by atoms with Crippen molar-refractivity contribution < 1.29 is 4.74 Å². The first-order chi connectivity index (χ1) is 11.7. The van der Waals surface area contributed by atoms with Gasteiger partial charge in [0.25, 0.3) is 0 Å². The normalized spacial score (nSPS) is 10.3. The highest BCUT2D eigenvalue weighted by Gasteiger charge is 2.06. The first kappa shape index (κ1) is 16.4. The van der Waals surface area contributed by atoms with Crippen molar-refractivity contribution >= 4 is 23.4 Å². The Morgan fingerprint density at radius 2 is 1.88 bits per heavy atom. The number of nitrogens with one attached hydrogen (secondary N) is 1. The lowest BCUT2D eigenvalue weighted by Gasteiger charge is -2.04. The van der Waals surface area contributed by atoms with Crippen molar-refractivity contribution in [2.24, 2.45) is 0 Å². The smallest absolute Gasteiger partial charge is 0.208 e. The maximum Gasteiger partial charge on any atom is 0.208 e.